The fourth-order valence-corrected chi connectivity index (χ4v) is 1.38. The Labute approximate surface area is 106 Å². The van der Waals surface area contributed by atoms with Crippen molar-refractivity contribution < 1.29 is 14.3 Å². The molecular formula is C12H17ClFNO2. The number of carboxylic acid groups (broad SMARTS) is 1. The van der Waals surface area contributed by atoms with Gasteiger partial charge in [0.15, 0.2) is 0 Å². The third-order valence-corrected chi connectivity index (χ3v) is 2.51. The molecule has 1 atom stereocenters. The second kappa shape index (κ2) is 5.47. The van der Waals surface area contributed by atoms with Crippen LogP contribution >= 0.6 is 12.4 Å². The first-order valence-corrected chi connectivity index (χ1v) is 5.02. The second-order valence-corrected chi connectivity index (χ2v) is 4.89. The smallest absolute Gasteiger partial charge is 0.335 e. The van der Waals surface area contributed by atoms with E-state index in [4.69, 9.17) is 10.8 Å². The molecule has 17 heavy (non-hydrogen) atoms. The lowest BCUT2D eigenvalue weighted by Crippen LogP contribution is -2.27. The van der Waals surface area contributed by atoms with Gasteiger partial charge in [-0.15, -0.1) is 12.4 Å². The van der Waals surface area contributed by atoms with E-state index in [1.54, 1.807) is 0 Å². The van der Waals surface area contributed by atoms with Crippen molar-refractivity contribution in [3.63, 3.8) is 0 Å². The predicted molar refractivity (Wildman–Crippen MR) is 67.0 cm³/mol. The zero-order chi connectivity index (χ0) is 12.5. The Morgan fingerprint density at radius 1 is 1.41 bits per heavy atom. The highest BCUT2D eigenvalue weighted by atomic mass is 35.5. The molecule has 0 radical (unpaired) electrons. The number of aromatic carboxylic acids is 1. The lowest BCUT2D eigenvalue weighted by molar-refractivity contribution is 0.0696. The molecule has 0 unspecified atom stereocenters. The first kappa shape index (κ1) is 15.9. The topological polar surface area (TPSA) is 63.3 Å². The number of rotatable bonds is 2. The summed E-state index contributed by atoms with van der Waals surface area (Å²) in [5, 5.41) is 8.82. The van der Waals surface area contributed by atoms with E-state index in [1.165, 1.54) is 12.1 Å². The number of halogens is 2. The van der Waals surface area contributed by atoms with Crippen LogP contribution in [0.4, 0.5) is 4.39 Å². The number of carbonyl (C=O) groups is 1. The van der Waals surface area contributed by atoms with Gasteiger partial charge in [0.05, 0.1) is 5.56 Å². The van der Waals surface area contributed by atoms with E-state index in [0.29, 0.717) is 0 Å². The normalized spacial score (nSPS) is 12.8. The van der Waals surface area contributed by atoms with Crippen LogP contribution < -0.4 is 5.73 Å². The van der Waals surface area contributed by atoms with Gasteiger partial charge in [-0.25, -0.2) is 9.18 Å². The summed E-state index contributed by atoms with van der Waals surface area (Å²) in [6, 6.07) is 3.14. The van der Waals surface area contributed by atoms with Crippen LogP contribution in [0.3, 0.4) is 0 Å². The Morgan fingerprint density at radius 2 is 1.94 bits per heavy atom. The molecule has 0 saturated heterocycles. The van der Waals surface area contributed by atoms with Gasteiger partial charge in [-0.2, -0.15) is 0 Å². The van der Waals surface area contributed by atoms with Crippen molar-refractivity contribution in [1.82, 2.24) is 0 Å². The number of carboxylic acids is 1. The standard InChI is InChI=1S/C12H16FNO2.ClH/c1-12(2,3)10(14)8-6-7(11(15)16)4-5-9(8)13;/h4-6,10H,14H2,1-3H3,(H,15,16);1H/t10-;/m0./s1. The molecule has 0 aliphatic heterocycles. The van der Waals surface area contributed by atoms with Crippen LogP contribution in [0.1, 0.15) is 42.7 Å². The molecule has 1 aromatic rings. The molecule has 1 aromatic carbocycles. The summed E-state index contributed by atoms with van der Waals surface area (Å²) in [6.45, 7) is 5.64. The highest BCUT2D eigenvalue weighted by molar-refractivity contribution is 5.87. The largest absolute Gasteiger partial charge is 0.478 e. The van der Waals surface area contributed by atoms with Gasteiger partial charge in [0.25, 0.3) is 0 Å². The van der Waals surface area contributed by atoms with E-state index in [-0.39, 0.29) is 28.9 Å². The van der Waals surface area contributed by atoms with Crippen LogP contribution in [0.25, 0.3) is 0 Å². The summed E-state index contributed by atoms with van der Waals surface area (Å²) in [7, 11) is 0. The third-order valence-electron chi connectivity index (χ3n) is 2.51. The molecule has 5 heteroatoms. The zero-order valence-electron chi connectivity index (χ0n) is 10.0. The fraction of sp³-hybridized carbons (Fsp3) is 0.417. The maximum absolute atomic E-state index is 13.5. The highest BCUT2D eigenvalue weighted by Gasteiger charge is 2.25. The highest BCUT2D eigenvalue weighted by Crippen LogP contribution is 2.32. The van der Waals surface area contributed by atoms with Crippen LogP contribution in [-0.4, -0.2) is 11.1 Å². The second-order valence-electron chi connectivity index (χ2n) is 4.89. The first-order chi connectivity index (χ1) is 7.23. The van der Waals surface area contributed by atoms with Crippen molar-refractivity contribution in [2.24, 2.45) is 11.1 Å². The molecule has 0 aromatic heterocycles. The van der Waals surface area contributed by atoms with Gasteiger partial charge in [0.1, 0.15) is 5.82 Å². The van der Waals surface area contributed by atoms with Crippen LogP contribution in [0.2, 0.25) is 0 Å². The Morgan fingerprint density at radius 3 is 2.35 bits per heavy atom. The van der Waals surface area contributed by atoms with Crippen LogP contribution in [0.15, 0.2) is 18.2 Å². The number of hydrogen-bond donors (Lipinski definition) is 2. The Hall–Kier alpha value is -1.13. The van der Waals surface area contributed by atoms with Gasteiger partial charge >= 0.3 is 5.97 Å². The van der Waals surface area contributed by atoms with Crippen molar-refractivity contribution in [3.8, 4) is 0 Å². The number of benzene rings is 1. The van der Waals surface area contributed by atoms with Gasteiger partial charge in [0.2, 0.25) is 0 Å². The molecule has 0 fully saturated rings. The van der Waals surface area contributed by atoms with Gasteiger partial charge in [-0.05, 0) is 23.6 Å². The molecule has 3 N–H and O–H groups in total. The van der Waals surface area contributed by atoms with E-state index in [1.807, 2.05) is 20.8 Å². The first-order valence-electron chi connectivity index (χ1n) is 5.02. The molecule has 3 nitrogen and oxygen atoms in total. The summed E-state index contributed by atoms with van der Waals surface area (Å²) in [5.41, 5.74) is 5.88. The van der Waals surface area contributed by atoms with Gasteiger partial charge in [-0.3, -0.25) is 0 Å². The maximum Gasteiger partial charge on any atom is 0.335 e. The average Bonchev–Trinajstić information content (AvgIpc) is 2.15. The molecular weight excluding hydrogens is 245 g/mol. The van der Waals surface area contributed by atoms with Gasteiger partial charge in [-0.1, -0.05) is 20.8 Å². The average molecular weight is 262 g/mol. The summed E-state index contributed by atoms with van der Waals surface area (Å²) in [6.07, 6.45) is 0. The van der Waals surface area contributed by atoms with Crippen molar-refractivity contribution in [1.29, 1.82) is 0 Å². The van der Waals surface area contributed by atoms with E-state index < -0.39 is 17.8 Å². The van der Waals surface area contributed by atoms with Crippen molar-refractivity contribution >= 4 is 18.4 Å². The monoisotopic (exact) mass is 261 g/mol. The van der Waals surface area contributed by atoms with E-state index in [0.717, 1.165) is 6.07 Å². The SMILES string of the molecule is CC(C)(C)[C@@H](N)c1cc(C(=O)O)ccc1F.Cl. The number of hydrogen-bond acceptors (Lipinski definition) is 2. The summed E-state index contributed by atoms with van der Waals surface area (Å²) in [5.74, 6) is -1.55. The van der Waals surface area contributed by atoms with Gasteiger partial charge in [0, 0.05) is 11.6 Å². The molecule has 0 aliphatic carbocycles. The minimum absolute atomic E-state index is 0. The number of nitrogens with two attached hydrogens (primary N) is 1. The van der Waals surface area contributed by atoms with Crippen LogP contribution in [-0.2, 0) is 0 Å². The lowest BCUT2D eigenvalue weighted by Gasteiger charge is -2.27. The molecule has 0 spiro atoms. The Balaban J connectivity index is 0.00000256. The lowest BCUT2D eigenvalue weighted by atomic mass is 9.82. The van der Waals surface area contributed by atoms with Gasteiger partial charge < -0.3 is 10.8 Å². The van der Waals surface area contributed by atoms with Crippen molar-refractivity contribution in [3.05, 3.63) is 35.1 Å². The van der Waals surface area contributed by atoms with E-state index >= 15 is 0 Å². The van der Waals surface area contributed by atoms with E-state index in [2.05, 4.69) is 0 Å². The molecule has 0 heterocycles. The van der Waals surface area contributed by atoms with Crippen LogP contribution in [0.5, 0.6) is 0 Å². The predicted octanol–water partition coefficient (Wildman–Crippen LogP) is 2.99. The molecule has 1 rings (SSSR count). The van der Waals surface area contributed by atoms with Crippen LogP contribution in [0, 0.1) is 11.2 Å². The molecule has 0 saturated carbocycles. The molecule has 0 aliphatic rings. The molecule has 0 amide bonds. The third kappa shape index (κ3) is 3.68. The Bertz CT molecular complexity index is 415. The minimum Gasteiger partial charge on any atom is -0.478 e. The quantitative estimate of drug-likeness (QED) is 0.860. The van der Waals surface area contributed by atoms with Crippen molar-refractivity contribution in [2.45, 2.75) is 26.8 Å². The maximum atomic E-state index is 13.5. The van der Waals surface area contributed by atoms with E-state index in [9.17, 15) is 9.18 Å². The summed E-state index contributed by atoms with van der Waals surface area (Å²) >= 11 is 0. The van der Waals surface area contributed by atoms with Crippen molar-refractivity contribution in [2.75, 3.05) is 0 Å². The fourth-order valence-electron chi connectivity index (χ4n) is 1.38. The molecule has 0 bridgehead atoms. The Kier molecular flexibility index (Phi) is 5.11. The summed E-state index contributed by atoms with van der Waals surface area (Å²) in [4.78, 5) is 10.8. The summed E-state index contributed by atoms with van der Waals surface area (Å²) < 4.78 is 13.5. The minimum atomic E-state index is -1.08. The zero-order valence-corrected chi connectivity index (χ0v) is 10.8. The molecule has 96 valence electrons.